The Kier molecular flexibility index (Phi) is 4.36. The summed E-state index contributed by atoms with van der Waals surface area (Å²) in [6.45, 7) is 0.422. The van der Waals surface area contributed by atoms with Crippen molar-refractivity contribution < 1.29 is 18.3 Å². The molecule has 0 heterocycles. The van der Waals surface area contributed by atoms with Gasteiger partial charge in [0.2, 0.25) is 0 Å². The minimum Gasteiger partial charge on any atom is -0.497 e. The van der Waals surface area contributed by atoms with Crippen molar-refractivity contribution in [3.8, 4) is 5.75 Å². The topological polar surface area (TPSA) is 66.8 Å². The summed E-state index contributed by atoms with van der Waals surface area (Å²) in [6, 6.07) is 5.61. The Labute approximate surface area is 120 Å². The lowest BCUT2D eigenvalue weighted by Crippen LogP contribution is -2.38. The Morgan fingerprint density at radius 2 is 2.15 bits per heavy atom. The number of likely N-dealkylation sites (N-methyl/N-ethyl adjacent to an activating group) is 1. The molecule has 0 aromatic heterocycles. The maximum Gasteiger partial charge on any atom is 0.148 e. The van der Waals surface area contributed by atoms with Crippen LogP contribution in [-0.4, -0.2) is 57.2 Å². The summed E-state index contributed by atoms with van der Waals surface area (Å²) >= 11 is 0. The van der Waals surface area contributed by atoms with E-state index >= 15 is 0 Å². The number of methoxy groups -OCH3 is 1. The summed E-state index contributed by atoms with van der Waals surface area (Å²) in [6.07, 6.45) is 1.34. The Balaban J connectivity index is 2.10. The molecular weight excluding hydrogens is 278 g/mol. The number of sulfone groups is 1. The molecular formula is C14H21NO4S. The van der Waals surface area contributed by atoms with E-state index in [2.05, 4.69) is 0 Å². The zero-order chi connectivity index (χ0) is 14.9. The zero-order valence-electron chi connectivity index (χ0n) is 12.0. The van der Waals surface area contributed by atoms with E-state index in [9.17, 15) is 13.5 Å². The van der Waals surface area contributed by atoms with Crippen LogP contribution < -0.4 is 4.74 Å². The van der Waals surface area contributed by atoms with E-state index in [1.165, 1.54) is 6.26 Å². The van der Waals surface area contributed by atoms with Crippen LogP contribution in [0.1, 0.15) is 17.2 Å². The Morgan fingerprint density at radius 1 is 1.45 bits per heavy atom. The number of rotatable bonds is 5. The molecule has 0 bridgehead atoms. The number of aliphatic hydroxyl groups excluding tert-OH is 1. The van der Waals surface area contributed by atoms with Gasteiger partial charge in [0, 0.05) is 18.8 Å². The van der Waals surface area contributed by atoms with Gasteiger partial charge < -0.3 is 9.84 Å². The highest BCUT2D eigenvalue weighted by molar-refractivity contribution is 7.90. The molecule has 2 atom stereocenters. The summed E-state index contributed by atoms with van der Waals surface area (Å²) in [5.74, 6) is 0.828. The number of nitrogens with zero attached hydrogens (tertiary/aromatic N) is 1. The van der Waals surface area contributed by atoms with Crippen LogP contribution in [0, 0.1) is 0 Å². The number of benzene rings is 1. The van der Waals surface area contributed by atoms with Crippen molar-refractivity contribution in [1.82, 2.24) is 4.90 Å². The van der Waals surface area contributed by atoms with Gasteiger partial charge in [-0.25, -0.2) is 8.42 Å². The molecule has 0 fully saturated rings. The average molecular weight is 299 g/mol. The molecule has 112 valence electrons. The fourth-order valence-electron chi connectivity index (χ4n) is 2.58. The largest absolute Gasteiger partial charge is 0.497 e. The normalized spacial score (nSPS) is 22.1. The lowest BCUT2D eigenvalue weighted by Gasteiger charge is -2.26. The zero-order valence-corrected chi connectivity index (χ0v) is 12.9. The number of hydrogen-bond donors (Lipinski definition) is 1. The molecule has 0 saturated heterocycles. The Bertz CT molecular complexity index is 585. The summed E-state index contributed by atoms with van der Waals surface area (Å²) in [4.78, 5) is 1.91. The first-order valence-electron chi connectivity index (χ1n) is 6.54. The monoisotopic (exact) mass is 299 g/mol. The summed E-state index contributed by atoms with van der Waals surface area (Å²) in [5.41, 5.74) is 1.97. The van der Waals surface area contributed by atoms with Crippen LogP contribution in [0.25, 0.3) is 0 Å². The van der Waals surface area contributed by atoms with Gasteiger partial charge in [0.25, 0.3) is 0 Å². The number of hydrogen-bond acceptors (Lipinski definition) is 5. The minimum absolute atomic E-state index is 0.0844. The maximum absolute atomic E-state index is 11.2. The molecule has 0 amide bonds. The van der Waals surface area contributed by atoms with Gasteiger partial charge in [-0.2, -0.15) is 0 Å². The standard InChI is InChI=1S/C14H21NO4S/c1-15(6-7-20(3,17)18)13-8-10-4-5-11(19-2)9-12(10)14(13)16/h4-5,9,13-14,16H,6-8H2,1-3H3. The molecule has 6 heteroatoms. The van der Waals surface area contributed by atoms with Crippen molar-refractivity contribution in [2.45, 2.75) is 18.6 Å². The van der Waals surface area contributed by atoms with E-state index in [1.807, 2.05) is 30.1 Å². The average Bonchev–Trinajstić information content (AvgIpc) is 2.72. The van der Waals surface area contributed by atoms with E-state index < -0.39 is 15.9 Å². The second-order valence-electron chi connectivity index (χ2n) is 5.39. The van der Waals surface area contributed by atoms with E-state index in [-0.39, 0.29) is 11.8 Å². The van der Waals surface area contributed by atoms with E-state index in [0.29, 0.717) is 6.54 Å². The molecule has 1 aromatic rings. The molecule has 20 heavy (non-hydrogen) atoms. The molecule has 2 unspecified atom stereocenters. The van der Waals surface area contributed by atoms with Crippen LogP contribution in [0.5, 0.6) is 5.75 Å². The molecule has 0 saturated carbocycles. The van der Waals surface area contributed by atoms with Crippen molar-refractivity contribution in [2.75, 3.05) is 32.7 Å². The van der Waals surface area contributed by atoms with Crippen molar-refractivity contribution >= 4 is 9.84 Å². The molecule has 1 aliphatic carbocycles. The van der Waals surface area contributed by atoms with Gasteiger partial charge in [-0.05, 0) is 36.7 Å². The minimum atomic E-state index is -2.99. The van der Waals surface area contributed by atoms with Crippen LogP contribution in [0.4, 0.5) is 0 Å². The lowest BCUT2D eigenvalue weighted by molar-refractivity contribution is 0.0793. The van der Waals surface area contributed by atoms with Gasteiger partial charge in [0.05, 0.1) is 19.0 Å². The number of ether oxygens (including phenoxy) is 1. The lowest BCUT2D eigenvalue weighted by atomic mass is 10.1. The van der Waals surface area contributed by atoms with Crippen LogP contribution >= 0.6 is 0 Å². The smallest absolute Gasteiger partial charge is 0.148 e. The SMILES string of the molecule is COc1ccc2c(c1)C(O)C(N(C)CCS(C)(=O)=O)C2. The highest BCUT2D eigenvalue weighted by Gasteiger charge is 2.34. The second kappa shape index (κ2) is 5.71. The fourth-order valence-corrected chi connectivity index (χ4v) is 3.20. The summed E-state index contributed by atoms with van der Waals surface area (Å²) in [5, 5.41) is 10.4. The van der Waals surface area contributed by atoms with Gasteiger partial charge in [-0.3, -0.25) is 4.90 Å². The van der Waals surface area contributed by atoms with E-state index in [0.717, 1.165) is 23.3 Å². The number of fused-ring (bicyclic) bond motifs is 1. The predicted octanol–water partition coefficient (Wildman–Crippen LogP) is 0.630. The van der Waals surface area contributed by atoms with Gasteiger partial charge >= 0.3 is 0 Å². The Morgan fingerprint density at radius 3 is 2.75 bits per heavy atom. The van der Waals surface area contributed by atoms with Crippen LogP contribution in [0.3, 0.4) is 0 Å². The van der Waals surface area contributed by atoms with Crippen LogP contribution in [-0.2, 0) is 16.3 Å². The van der Waals surface area contributed by atoms with Gasteiger partial charge in [0.1, 0.15) is 15.6 Å². The first-order valence-corrected chi connectivity index (χ1v) is 8.60. The van der Waals surface area contributed by atoms with Crippen LogP contribution in [0.15, 0.2) is 18.2 Å². The number of aliphatic hydroxyl groups is 1. The maximum atomic E-state index is 11.2. The van der Waals surface area contributed by atoms with Gasteiger partial charge in [0.15, 0.2) is 0 Å². The van der Waals surface area contributed by atoms with Crippen molar-refractivity contribution in [2.24, 2.45) is 0 Å². The fraction of sp³-hybridized carbons (Fsp3) is 0.571. The van der Waals surface area contributed by atoms with Crippen molar-refractivity contribution in [3.63, 3.8) is 0 Å². The highest BCUT2D eigenvalue weighted by atomic mass is 32.2. The molecule has 1 aliphatic rings. The van der Waals surface area contributed by atoms with Crippen LogP contribution in [0.2, 0.25) is 0 Å². The third-order valence-corrected chi connectivity index (χ3v) is 4.77. The highest BCUT2D eigenvalue weighted by Crippen LogP contribution is 2.36. The van der Waals surface area contributed by atoms with E-state index in [4.69, 9.17) is 4.74 Å². The molecule has 0 radical (unpaired) electrons. The van der Waals surface area contributed by atoms with Gasteiger partial charge in [-0.1, -0.05) is 6.07 Å². The first kappa shape index (κ1) is 15.3. The third-order valence-electron chi connectivity index (χ3n) is 3.85. The van der Waals surface area contributed by atoms with Gasteiger partial charge in [-0.15, -0.1) is 0 Å². The molecule has 2 rings (SSSR count). The quantitative estimate of drug-likeness (QED) is 0.864. The molecule has 1 aromatic carbocycles. The summed E-state index contributed by atoms with van der Waals surface area (Å²) < 4.78 is 27.6. The molecule has 0 aliphatic heterocycles. The molecule has 1 N–H and O–H groups in total. The molecule has 5 nitrogen and oxygen atoms in total. The Hall–Kier alpha value is -1.11. The third kappa shape index (κ3) is 3.31. The van der Waals surface area contributed by atoms with Crippen molar-refractivity contribution in [1.29, 1.82) is 0 Å². The molecule has 0 spiro atoms. The first-order chi connectivity index (χ1) is 9.31. The van der Waals surface area contributed by atoms with E-state index in [1.54, 1.807) is 7.11 Å². The summed E-state index contributed by atoms with van der Waals surface area (Å²) in [7, 11) is 0.458. The second-order valence-corrected chi connectivity index (χ2v) is 7.65. The van der Waals surface area contributed by atoms with Crippen molar-refractivity contribution in [3.05, 3.63) is 29.3 Å². The predicted molar refractivity (Wildman–Crippen MR) is 77.8 cm³/mol.